The molecule has 0 radical (unpaired) electrons. The Hall–Kier alpha value is -0.720. The third kappa shape index (κ3) is 3.07. The lowest BCUT2D eigenvalue weighted by atomic mass is 10.0. The molecule has 0 aliphatic heterocycles. The minimum absolute atomic E-state index is 0.0965. The van der Waals surface area contributed by atoms with E-state index in [1.807, 2.05) is 22.6 Å². The van der Waals surface area contributed by atoms with Crippen molar-refractivity contribution in [3.8, 4) is 0 Å². The maximum Gasteiger partial charge on any atom is 0.195 e. The Labute approximate surface area is 131 Å². The van der Waals surface area contributed by atoms with Crippen LogP contribution in [-0.2, 0) is 0 Å². The van der Waals surface area contributed by atoms with Gasteiger partial charge < -0.3 is 0 Å². The smallest absolute Gasteiger partial charge is 0.195 e. The first-order valence-corrected chi connectivity index (χ1v) is 6.88. The number of halogens is 5. The zero-order chi connectivity index (χ0) is 14.2. The zero-order valence-corrected chi connectivity index (χ0v) is 12.9. The number of hydrogen-bond acceptors (Lipinski definition) is 1. The molecule has 0 aromatic heterocycles. The van der Waals surface area contributed by atoms with Gasteiger partial charge in [0.1, 0.15) is 0 Å². The molecule has 0 saturated carbocycles. The van der Waals surface area contributed by atoms with E-state index in [4.69, 9.17) is 23.2 Å². The maximum atomic E-state index is 13.2. The van der Waals surface area contributed by atoms with Gasteiger partial charge in [0.25, 0.3) is 0 Å². The normalized spacial score (nSPS) is 10.6. The predicted molar refractivity (Wildman–Crippen MR) is 79.0 cm³/mol. The number of hydrogen-bond donors (Lipinski definition) is 0. The summed E-state index contributed by atoms with van der Waals surface area (Å²) in [4.78, 5) is 12.3. The molecule has 2 aromatic rings. The molecule has 0 spiro atoms. The minimum Gasteiger partial charge on any atom is -0.289 e. The van der Waals surface area contributed by atoms with E-state index in [1.165, 1.54) is 6.07 Å². The van der Waals surface area contributed by atoms with Crippen molar-refractivity contribution >= 4 is 51.6 Å². The molecule has 19 heavy (non-hydrogen) atoms. The molecule has 0 fully saturated rings. The Morgan fingerprint density at radius 3 is 2.32 bits per heavy atom. The number of ketones is 1. The average Bonchev–Trinajstić information content (AvgIpc) is 2.36. The van der Waals surface area contributed by atoms with Crippen molar-refractivity contribution in [2.75, 3.05) is 0 Å². The van der Waals surface area contributed by atoms with Crippen LogP contribution in [0.3, 0.4) is 0 Å². The van der Waals surface area contributed by atoms with Crippen molar-refractivity contribution in [3.63, 3.8) is 0 Å². The fourth-order valence-electron chi connectivity index (χ4n) is 1.51. The molecule has 0 saturated heterocycles. The van der Waals surface area contributed by atoms with E-state index in [1.54, 1.807) is 12.1 Å². The lowest BCUT2D eigenvalue weighted by Crippen LogP contribution is -2.06. The van der Waals surface area contributed by atoms with Crippen LogP contribution in [0.4, 0.5) is 8.78 Å². The second-order valence-electron chi connectivity index (χ2n) is 3.70. The lowest BCUT2D eigenvalue weighted by molar-refractivity contribution is 0.103. The van der Waals surface area contributed by atoms with Gasteiger partial charge in [-0.3, -0.25) is 4.79 Å². The molecule has 0 heterocycles. The summed E-state index contributed by atoms with van der Waals surface area (Å²) in [5.74, 6) is -2.72. The Kier molecular flexibility index (Phi) is 4.43. The fraction of sp³-hybridized carbons (Fsp3) is 0. The summed E-state index contributed by atoms with van der Waals surface area (Å²) in [5.41, 5.74) is 0.196. The summed E-state index contributed by atoms with van der Waals surface area (Å²) in [6.07, 6.45) is 0. The molecule has 0 amide bonds. The second-order valence-corrected chi connectivity index (χ2v) is 5.71. The highest BCUT2D eigenvalue weighted by Crippen LogP contribution is 2.26. The van der Waals surface area contributed by atoms with Gasteiger partial charge in [-0.1, -0.05) is 23.2 Å². The lowest BCUT2D eigenvalue weighted by Gasteiger charge is -2.07. The molecule has 2 rings (SSSR count). The van der Waals surface area contributed by atoms with E-state index in [9.17, 15) is 13.6 Å². The van der Waals surface area contributed by atoms with Crippen LogP contribution in [0.2, 0.25) is 10.0 Å². The average molecular weight is 413 g/mol. The minimum atomic E-state index is -1.12. The summed E-state index contributed by atoms with van der Waals surface area (Å²) in [6.45, 7) is 0. The monoisotopic (exact) mass is 412 g/mol. The SMILES string of the molecule is O=C(c1cc(F)c(F)cc1Cl)c1cc(Cl)ccc1I. The summed E-state index contributed by atoms with van der Waals surface area (Å²) in [7, 11) is 0. The van der Waals surface area contributed by atoms with Crippen LogP contribution < -0.4 is 0 Å². The first-order valence-electron chi connectivity index (χ1n) is 5.04. The van der Waals surface area contributed by atoms with E-state index in [-0.39, 0.29) is 10.6 Å². The van der Waals surface area contributed by atoms with Gasteiger partial charge in [-0.05, 0) is 52.9 Å². The van der Waals surface area contributed by atoms with Crippen LogP contribution in [-0.4, -0.2) is 5.78 Å². The van der Waals surface area contributed by atoms with Crippen LogP contribution in [0.15, 0.2) is 30.3 Å². The van der Waals surface area contributed by atoms with Crippen molar-refractivity contribution in [3.05, 3.63) is 66.7 Å². The van der Waals surface area contributed by atoms with Gasteiger partial charge in [-0.25, -0.2) is 8.78 Å². The molecule has 0 aliphatic rings. The van der Waals surface area contributed by atoms with E-state index >= 15 is 0 Å². The molecule has 6 heteroatoms. The zero-order valence-electron chi connectivity index (χ0n) is 9.18. The Bertz CT molecular complexity index is 674. The van der Waals surface area contributed by atoms with Crippen molar-refractivity contribution in [1.29, 1.82) is 0 Å². The van der Waals surface area contributed by atoms with Crippen molar-refractivity contribution in [1.82, 2.24) is 0 Å². The number of carbonyl (C=O) groups excluding carboxylic acids is 1. The first-order chi connectivity index (χ1) is 8.90. The van der Waals surface area contributed by atoms with Gasteiger partial charge >= 0.3 is 0 Å². The molecule has 0 bridgehead atoms. The quantitative estimate of drug-likeness (QED) is 0.380. The Morgan fingerprint density at radius 1 is 1.00 bits per heavy atom. The topological polar surface area (TPSA) is 17.1 Å². The first kappa shape index (κ1) is 14.7. The highest BCUT2D eigenvalue weighted by Gasteiger charge is 2.18. The van der Waals surface area contributed by atoms with Crippen molar-refractivity contribution in [2.24, 2.45) is 0 Å². The van der Waals surface area contributed by atoms with E-state index in [2.05, 4.69) is 0 Å². The fourth-order valence-corrected chi connectivity index (χ4v) is 2.50. The maximum absolute atomic E-state index is 13.2. The largest absolute Gasteiger partial charge is 0.289 e. The molecule has 1 nitrogen and oxygen atoms in total. The van der Waals surface area contributed by atoms with E-state index < -0.39 is 17.4 Å². The molecule has 0 aliphatic carbocycles. The predicted octanol–water partition coefficient (Wildman–Crippen LogP) is 5.11. The molecule has 2 aromatic carbocycles. The third-order valence-electron chi connectivity index (χ3n) is 2.43. The van der Waals surface area contributed by atoms with Gasteiger partial charge in [0.2, 0.25) is 0 Å². The summed E-state index contributed by atoms with van der Waals surface area (Å²) in [6, 6.07) is 6.32. The van der Waals surface area contributed by atoms with Crippen LogP contribution >= 0.6 is 45.8 Å². The molecule has 0 atom stereocenters. The highest BCUT2D eigenvalue weighted by molar-refractivity contribution is 14.1. The van der Waals surface area contributed by atoms with Crippen molar-refractivity contribution < 1.29 is 13.6 Å². The number of carbonyl (C=O) groups is 1. The second kappa shape index (κ2) is 5.73. The third-order valence-corrected chi connectivity index (χ3v) is 3.92. The van der Waals surface area contributed by atoms with Gasteiger partial charge in [0.05, 0.1) is 5.02 Å². The molecule has 0 unspecified atom stereocenters. The van der Waals surface area contributed by atoms with Gasteiger partial charge in [0, 0.05) is 19.7 Å². The van der Waals surface area contributed by atoms with Crippen LogP contribution in [0.1, 0.15) is 15.9 Å². The van der Waals surface area contributed by atoms with Crippen LogP contribution in [0.5, 0.6) is 0 Å². The van der Waals surface area contributed by atoms with Crippen LogP contribution in [0.25, 0.3) is 0 Å². The number of rotatable bonds is 2. The summed E-state index contributed by atoms with van der Waals surface area (Å²) >= 11 is 13.6. The Balaban J connectivity index is 2.56. The van der Waals surface area contributed by atoms with Gasteiger partial charge in [-0.2, -0.15) is 0 Å². The summed E-state index contributed by atoms with van der Waals surface area (Å²) < 4.78 is 26.8. The van der Waals surface area contributed by atoms with Crippen LogP contribution in [0, 0.1) is 15.2 Å². The van der Waals surface area contributed by atoms with E-state index in [0.717, 1.165) is 12.1 Å². The van der Waals surface area contributed by atoms with Crippen molar-refractivity contribution in [2.45, 2.75) is 0 Å². The highest BCUT2D eigenvalue weighted by atomic mass is 127. The molecule has 0 N–H and O–H groups in total. The summed E-state index contributed by atoms with van der Waals surface area (Å²) in [5, 5.41) is 0.238. The van der Waals surface area contributed by atoms with Gasteiger partial charge in [0.15, 0.2) is 17.4 Å². The van der Waals surface area contributed by atoms with E-state index in [0.29, 0.717) is 14.2 Å². The molecular weight excluding hydrogens is 408 g/mol. The van der Waals surface area contributed by atoms with Gasteiger partial charge in [-0.15, -0.1) is 0 Å². The molecule has 98 valence electrons. The number of benzene rings is 2. The Morgan fingerprint density at radius 2 is 1.63 bits per heavy atom. The standard InChI is InChI=1S/C13H5Cl2F2IO/c14-6-1-2-12(18)8(3-6)13(19)7-4-10(16)11(17)5-9(7)15/h1-5H. The molecular formula is C13H5Cl2F2IO.